The number of aryl methyl sites for hydroxylation is 1. The zero-order valence-electron chi connectivity index (χ0n) is 14.1. The van der Waals surface area contributed by atoms with Crippen molar-refractivity contribution in [2.24, 2.45) is 5.92 Å². The van der Waals surface area contributed by atoms with Crippen LogP contribution < -0.4 is 10.1 Å². The SMILES string of the molecule is COCCOc1ccc2c(c1)C1C=CCC1C(c1sccc1C)N2. The van der Waals surface area contributed by atoms with Gasteiger partial charge in [-0.1, -0.05) is 12.2 Å². The molecular weight excluding hydrogens is 318 g/mol. The molecule has 24 heavy (non-hydrogen) atoms. The Kier molecular flexibility index (Phi) is 4.33. The first-order chi connectivity index (χ1) is 11.8. The highest BCUT2D eigenvalue weighted by molar-refractivity contribution is 7.10. The molecule has 0 spiro atoms. The molecule has 0 radical (unpaired) electrons. The number of methoxy groups -OCH3 is 1. The molecule has 3 atom stereocenters. The molecule has 2 aliphatic rings. The maximum Gasteiger partial charge on any atom is 0.119 e. The zero-order valence-corrected chi connectivity index (χ0v) is 14.9. The average molecular weight is 341 g/mol. The number of fused-ring (bicyclic) bond motifs is 3. The fourth-order valence-corrected chi connectivity index (χ4v) is 4.92. The summed E-state index contributed by atoms with van der Waals surface area (Å²) in [5, 5.41) is 6.00. The summed E-state index contributed by atoms with van der Waals surface area (Å²) in [6.45, 7) is 3.41. The van der Waals surface area contributed by atoms with E-state index in [0.717, 1.165) is 12.2 Å². The molecule has 0 fully saturated rings. The standard InChI is InChI=1S/C20H23NO2S/c1-13-8-11-24-20(13)19-16-5-3-4-15(16)17-12-14(23-10-9-22-2)6-7-18(17)21-19/h3-4,6-8,11-12,15-16,19,21H,5,9-10H2,1-2H3. The summed E-state index contributed by atoms with van der Waals surface area (Å²) in [7, 11) is 1.70. The van der Waals surface area contributed by atoms with Crippen molar-refractivity contribution < 1.29 is 9.47 Å². The highest BCUT2D eigenvalue weighted by Gasteiger charge is 2.38. The zero-order chi connectivity index (χ0) is 16.5. The first-order valence-corrected chi connectivity index (χ1v) is 9.39. The van der Waals surface area contributed by atoms with Crippen molar-refractivity contribution in [1.29, 1.82) is 0 Å². The molecule has 4 heteroatoms. The lowest BCUT2D eigenvalue weighted by atomic mass is 9.78. The van der Waals surface area contributed by atoms with Crippen molar-refractivity contribution >= 4 is 17.0 Å². The number of ether oxygens (including phenoxy) is 2. The second-order valence-corrected chi connectivity index (χ2v) is 7.48. The maximum atomic E-state index is 5.80. The lowest BCUT2D eigenvalue weighted by Crippen LogP contribution is -2.28. The molecule has 0 bridgehead atoms. The third kappa shape index (κ3) is 2.74. The molecule has 126 valence electrons. The lowest BCUT2D eigenvalue weighted by molar-refractivity contribution is 0.146. The van der Waals surface area contributed by atoms with Gasteiger partial charge < -0.3 is 14.8 Å². The van der Waals surface area contributed by atoms with Gasteiger partial charge in [0.2, 0.25) is 0 Å². The Balaban J connectivity index is 1.64. The number of hydrogen-bond acceptors (Lipinski definition) is 4. The normalized spacial score (nSPS) is 24.3. The predicted octanol–water partition coefficient (Wildman–Crippen LogP) is 4.91. The number of nitrogens with one attached hydrogen (secondary N) is 1. The van der Waals surface area contributed by atoms with Crippen LogP contribution in [0.15, 0.2) is 41.8 Å². The molecule has 4 rings (SSSR count). The number of rotatable bonds is 5. The number of benzene rings is 1. The molecule has 0 saturated heterocycles. The van der Waals surface area contributed by atoms with Crippen molar-refractivity contribution in [2.45, 2.75) is 25.3 Å². The van der Waals surface area contributed by atoms with Crippen molar-refractivity contribution in [3.05, 3.63) is 57.8 Å². The van der Waals surface area contributed by atoms with Gasteiger partial charge in [-0.2, -0.15) is 0 Å². The van der Waals surface area contributed by atoms with Crippen LogP contribution in [0.3, 0.4) is 0 Å². The van der Waals surface area contributed by atoms with Crippen molar-refractivity contribution in [1.82, 2.24) is 0 Å². The Morgan fingerprint density at radius 1 is 1.25 bits per heavy atom. The van der Waals surface area contributed by atoms with Crippen molar-refractivity contribution in [2.75, 3.05) is 25.6 Å². The topological polar surface area (TPSA) is 30.5 Å². The average Bonchev–Trinajstić information content (AvgIpc) is 3.23. The largest absolute Gasteiger partial charge is 0.491 e. The molecule has 1 N–H and O–H groups in total. The van der Waals surface area contributed by atoms with Crippen LogP contribution in [0.5, 0.6) is 5.75 Å². The van der Waals surface area contributed by atoms with Crippen LogP contribution in [0.4, 0.5) is 5.69 Å². The van der Waals surface area contributed by atoms with Crippen LogP contribution >= 0.6 is 11.3 Å². The number of thiophene rings is 1. The molecule has 1 aliphatic carbocycles. The minimum Gasteiger partial charge on any atom is -0.491 e. The van der Waals surface area contributed by atoms with Gasteiger partial charge in [-0.15, -0.1) is 11.3 Å². The Morgan fingerprint density at radius 3 is 2.96 bits per heavy atom. The van der Waals surface area contributed by atoms with E-state index in [9.17, 15) is 0 Å². The molecule has 1 aromatic carbocycles. The van der Waals surface area contributed by atoms with E-state index in [0.29, 0.717) is 31.1 Å². The van der Waals surface area contributed by atoms with Crippen LogP contribution in [0.1, 0.15) is 34.4 Å². The van der Waals surface area contributed by atoms with E-state index in [-0.39, 0.29) is 0 Å². The Morgan fingerprint density at radius 2 is 2.17 bits per heavy atom. The monoisotopic (exact) mass is 341 g/mol. The second kappa shape index (κ2) is 6.61. The Bertz CT molecular complexity index is 752. The lowest BCUT2D eigenvalue weighted by Gasteiger charge is -2.37. The number of anilines is 1. The first-order valence-electron chi connectivity index (χ1n) is 8.51. The quantitative estimate of drug-likeness (QED) is 0.619. The first kappa shape index (κ1) is 15.7. The summed E-state index contributed by atoms with van der Waals surface area (Å²) in [6, 6.07) is 9.04. The molecule has 3 nitrogen and oxygen atoms in total. The Labute approximate surface area is 147 Å². The predicted molar refractivity (Wildman–Crippen MR) is 99.2 cm³/mol. The molecule has 1 aromatic heterocycles. The highest BCUT2D eigenvalue weighted by atomic mass is 32.1. The summed E-state index contributed by atoms with van der Waals surface area (Å²) >= 11 is 1.87. The molecule has 3 unspecified atom stereocenters. The molecule has 1 aliphatic heterocycles. The van der Waals surface area contributed by atoms with E-state index in [1.165, 1.54) is 21.7 Å². The molecule has 0 saturated carbocycles. The fourth-order valence-electron chi connectivity index (χ4n) is 3.87. The summed E-state index contributed by atoms with van der Waals surface area (Å²) < 4.78 is 10.9. The van der Waals surface area contributed by atoms with Gasteiger partial charge in [0.15, 0.2) is 0 Å². The van der Waals surface area contributed by atoms with E-state index in [1.807, 2.05) is 11.3 Å². The van der Waals surface area contributed by atoms with Gasteiger partial charge in [0.1, 0.15) is 12.4 Å². The minimum absolute atomic E-state index is 0.401. The Hall–Kier alpha value is -1.78. The fraction of sp³-hybridized carbons (Fsp3) is 0.400. The van der Waals surface area contributed by atoms with E-state index in [1.54, 1.807) is 7.11 Å². The van der Waals surface area contributed by atoms with Crippen LogP contribution in [-0.2, 0) is 4.74 Å². The van der Waals surface area contributed by atoms with Crippen LogP contribution in [0.25, 0.3) is 0 Å². The molecule has 2 heterocycles. The molecule has 0 amide bonds. The van der Waals surface area contributed by atoms with Gasteiger partial charge in [-0.25, -0.2) is 0 Å². The van der Waals surface area contributed by atoms with E-state index in [2.05, 4.69) is 54.0 Å². The van der Waals surface area contributed by atoms with Gasteiger partial charge in [0.25, 0.3) is 0 Å². The van der Waals surface area contributed by atoms with Gasteiger partial charge in [-0.05, 0) is 60.0 Å². The van der Waals surface area contributed by atoms with E-state index < -0.39 is 0 Å². The van der Waals surface area contributed by atoms with Gasteiger partial charge in [0, 0.05) is 23.6 Å². The summed E-state index contributed by atoms with van der Waals surface area (Å²) in [6.07, 6.45) is 5.84. The highest BCUT2D eigenvalue weighted by Crippen LogP contribution is 2.51. The summed E-state index contributed by atoms with van der Waals surface area (Å²) in [5.41, 5.74) is 3.99. The van der Waals surface area contributed by atoms with E-state index >= 15 is 0 Å². The smallest absolute Gasteiger partial charge is 0.119 e. The second-order valence-electron chi connectivity index (χ2n) is 6.53. The van der Waals surface area contributed by atoms with Gasteiger partial charge >= 0.3 is 0 Å². The van der Waals surface area contributed by atoms with E-state index in [4.69, 9.17) is 9.47 Å². The summed E-state index contributed by atoms with van der Waals surface area (Å²) in [5.74, 6) is 1.99. The van der Waals surface area contributed by atoms with Gasteiger partial charge in [-0.3, -0.25) is 0 Å². The van der Waals surface area contributed by atoms with Crippen molar-refractivity contribution in [3.8, 4) is 5.75 Å². The number of allylic oxidation sites excluding steroid dienone is 2. The van der Waals surface area contributed by atoms with Crippen molar-refractivity contribution in [3.63, 3.8) is 0 Å². The van der Waals surface area contributed by atoms with Crippen LogP contribution in [0.2, 0.25) is 0 Å². The van der Waals surface area contributed by atoms with Gasteiger partial charge in [0.05, 0.1) is 12.6 Å². The third-order valence-electron chi connectivity index (χ3n) is 5.07. The molecular formula is C20H23NO2S. The maximum absolute atomic E-state index is 5.80. The minimum atomic E-state index is 0.401. The molecule has 2 aromatic rings. The summed E-state index contributed by atoms with van der Waals surface area (Å²) in [4.78, 5) is 1.47. The van der Waals surface area contributed by atoms with Crippen LogP contribution in [0, 0.1) is 12.8 Å². The number of hydrogen-bond donors (Lipinski definition) is 1. The van der Waals surface area contributed by atoms with Crippen LogP contribution in [-0.4, -0.2) is 20.3 Å². The third-order valence-corrected chi connectivity index (χ3v) is 6.18.